The van der Waals surface area contributed by atoms with Crippen LogP contribution in [0.2, 0.25) is 0 Å². The number of aromatic nitrogens is 2. The second-order valence-electron chi connectivity index (χ2n) is 4.09. The van der Waals surface area contributed by atoms with E-state index >= 15 is 0 Å². The van der Waals surface area contributed by atoms with Gasteiger partial charge in [-0.1, -0.05) is 13.8 Å². The van der Waals surface area contributed by atoms with Gasteiger partial charge in [-0.05, 0) is 6.92 Å². The summed E-state index contributed by atoms with van der Waals surface area (Å²) in [6, 6.07) is 0. The molecule has 1 saturated heterocycles. The molecule has 5 nitrogen and oxygen atoms in total. The van der Waals surface area contributed by atoms with Crippen molar-refractivity contribution < 1.29 is 4.74 Å². The summed E-state index contributed by atoms with van der Waals surface area (Å²) in [5.41, 5.74) is 0. The zero-order valence-electron chi connectivity index (χ0n) is 12.4. The first-order valence-corrected chi connectivity index (χ1v) is 7.21. The van der Waals surface area contributed by atoms with E-state index in [1.807, 2.05) is 27.0 Å². The fourth-order valence-corrected chi connectivity index (χ4v) is 1.99. The Morgan fingerprint density at radius 2 is 1.89 bits per heavy atom. The lowest BCUT2D eigenvalue weighted by Crippen LogP contribution is -2.47. The minimum absolute atomic E-state index is 0.805. The van der Waals surface area contributed by atoms with Gasteiger partial charge in [0.25, 0.3) is 0 Å². The predicted molar refractivity (Wildman–Crippen MR) is 78.5 cm³/mol. The molecule has 0 amide bonds. The highest BCUT2D eigenvalue weighted by atomic mass is 16.5. The molecule has 1 aliphatic rings. The Labute approximate surface area is 116 Å². The smallest absolute Gasteiger partial charge is 0.147 e. The fourth-order valence-electron chi connectivity index (χ4n) is 1.99. The number of ether oxygens (including phenoxy) is 1. The fraction of sp³-hybridized carbons (Fsp3) is 0.714. The first kappa shape index (κ1) is 15.9. The summed E-state index contributed by atoms with van der Waals surface area (Å²) < 4.78 is 5.37. The van der Waals surface area contributed by atoms with E-state index in [0.717, 1.165) is 51.8 Å². The maximum absolute atomic E-state index is 5.37. The normalized spacial score (nSPS) is 15.8. The number of hydrogen-bond acceptors (Lipinski definition) is 5. The lowest BCUT2D eigenvalue weighted by atomic mass is 10.3. The summed E-state index contributed by atoms with van der Waals surface area (Å²) in [6.07, 6.45) is 5.29. The van der Waals surface area contributed by atoms with E-state index in [2.05, 4.69) is 19.8 Å². The van der Waals surface area contributed by atoms with Crippen molar-refractivity contribution in [2.45, 2.75) is 20.8 Å². The van der Waals surface area contributed by atoms with E-state index in [4.69, 9.17) is 4.74 Å². The van der Waals surface area contributed by atoms with E-state index in [0.29, 0.717) is 0 Å². The number of hydrogen-bond donors (Lipinski definition) is 0. The highest BCUT2D eigenvalue weighted by molar-refractivity contribution is 5.35. The molecule has 2 heterocycles. The molecule has 5 heteroatoms. The van der Waals surface area contributed by atoms with Crippen LogP contribution in [0.3, 0.4) is 0 Å². The standard InChI is InChI=1S/C12H20N4O.C2H6/c1-2-17-10-9-15-5-7-16(8-6-15)12-11-13-3-4-14-12;1-2/h3-4,11H,2,5-10H2,1H3;1-2H3. The van der Waals surface area contributed by atoms with Crippen LogP contribution in [0.5, 0.6) is 0 Å². The van der Waals surface area contributed by atoms with E-state index in [9.17, 15) is 0 Å². The molecule has 1 aromatic heterocycles. The van der Waals surface area contributed by atoms with Gasteiger partial charge in [0.2, 0.25) is 0 Å². The van der Waals surface area contributed by atoms with Crippen LogP contribution in [0.1, 0.15) is 20.8 Å². The lowest BCUT2D eigenvalue weighted by Gasteiger charge is -2.35. The van der Waals surface area contributed by atoms with Crippen LogP contribution in [0.25, 0.3) is 0 Å². The highest BCUT2D eigenvalue weighted by Crippen LogP contribution is 2.10. The molecule has 0 N–H and O–H groups in total. The van der Waals surface area contributed by atoms with Crippen LogP contribution < -0.4 is 4.90 Å². The number of rotatable bonds is 5. The first-order chi connectivity index (χ1) is 9.40. The largest absolute Gasteiger partial charge is 0.380 e. The topological polar surface area (TPSA) is 41.5 Å². The van der Waals surface area contributed by atoms with Gasteiger partial charge in [-0.2, -0.15) is 0 Å². The van der Waals surface area contributed by atoms with Gasteiger partial charge in [0, 0.05) is 51.7 Å². The molecule has 1 aliphatic heterocycles. The van der Waals surface area contributed by atoms with Crippen LogP contribution in [-0.4, -0.2) is 60.8 Å². The molecular formula is C14H26N4O. The van der Waals surface area contributed by atoms with Crippen LogP contribution in [0, 0.1) is 0 Å². The third-order valence-electron chi connectivity index (χ3n) is 3.00. The molecule has 0 unspecified atom stereocenters. The van der Waals surface area contributed by atoms with Crippen molar-refractivity contribution in [3.8, 4) is 0 Å². The molecule has 1 aromatic rings. The van der Waals surface area contributed by atoms with Gasteiger partial charge in [-0.15, -0.1) is 0 Å². The van der Waals surface area contributed by atoms with E-state index in [-0.39, 0.29) is 0 Å². The second kappa shape index (κ2) is 9.69. The quantitative estimate of drug-likeness (QED) is 0.758. The lowest BCUT2D eigenvalue weighted by molar-refractivity contribution is 0.111. The molecule has 19 heavy (non-hydrogen) atoms. The Hall–Kier alpha value is -1.20. The Morgan fingerprint density at radius 3 is 2.47 bits per heavy atom. The Bertz CT molecular complexity index is 312. The zero-order valence-corrected chi connectivity index (χ0v) is 12.4. The SMILES string of the molecule is CC.CCOCCN1CCN(c2cnccn2)CC1. The average Bonchev–Trinajstić information content (AvgIpc) is 2.51. The molecule has 0 bridgehead atoms. The first-order valence-electron chi connectivity index (χ1n) is 7.21. The van der Waals surface area contributed by atoms with Crippen LogP contribution in [0.15, 0.2) is 18.6 Å². The summed E-state index contributed by atoms with van der Waals surface area (Å²) in [5.74, 6) is 0.983. The molecule has 0 aromatic carbocycles. The summed E-state index contributed by atoms with van der Waals surface area (Å²) in [7, 11) is 0. The van der Waals surface area contributed by atoms with Crippen molar-refractivity contribution >= 4 is 5.82 Å². The molecule has 0 radical (unpaired) electrons. The van der Waals surface area contributed by atoms with Crippen LogP contribution in [-0.2, 0) is 4.74 Å². The van der Waals surface area contributed by atoms with Gasteiger partial charge in [0.05, 0.1) is 12.8 Å². The monoisotopic (exact) mass is 266 g/mol. The number of nitrogens with zero attached hydrogens (tertiary/aromatic N) is 4. The van der Waals surface area contributed by atoms with Crippen molar-refractivity contribution in [2.75, 3.05) is 50.8 Å². The van der Waals surface area contributed by atoms with Crippen molar-refractivity contribution in [1.82, 2.24) is 14.9 Å². The number of piperazine rings is 1. The van der Waals surface area contributed by atoms with Crippen molar-refractivity contribution in [1.29, 1.82) is 0 Å². The van der Waals surface area contributed by atoms with Gasteiger partial charge in [-0.25, -0.2) is 4.98 Å². The van der Waals surface area contributed by atoms with Gasteiger partial charge < -0.3 is 9.64 Å². The summed E-state index contributed by atoms with van der Waals surface area (Å²) in [6.45, 7) is 12.9. The maximum atomic E-state index is 5.37. The minimum Gasteiger partial charge on any atom is -0.380 e. The molecule has 1 fully saturated rings. The maximum Gasteiger partial charge on any atom is 0.147 e. The summed E-state index contributed by atoms with van der Waals surface area (Å²) in [4.78, 5) is 13.1. The van der Waals surface area contributed by atoms with Gasteiger partial charge in [0.1, 0.15) is 5.82 Å². The molecule has 0 saturated carbocycles. The van der Waals surface area contributed by atoms with E-state index < -0.39 is 0 Å². The highest BCUT2D eigenvalue weighted by Gasteiger charge is 2.17. The predicted octanol–water partition coefficient (Wildman–Crippen LogP) is 1.66. The Kier molecular flexibility index (Phi) is 8.09. The van der Waals surface area contributed by atoms with E-state index in [1.165, 1.54) is 0 Å². The Morgan fingerprint density at radius 1 is 1.16 bits per heavy atom. The van der Waals surface area contributed by atoms with Gasteiger partial charge in [0.15, 0.2) is 0 Å². The minimum atomic E-state index is 0.805. The molecule has 108 valence electrons. The molecule has 0 atom stereocenters. The van der Waals surface area contributed by atoms with Crippen molar-refractivity contribution in [3.63, 3.8) is 0 Å². The van der Waals surface area contributed by atoms with Crippen LogP contribution in [0.4, 0.5) is 5.82 Å². The van der Waals surface area contributed by atoms with Gasteiger partial charge >= 0.3 is 0 Å². The second-order valence-corrected chi connectivity index (χ2v) is 4.09. The summed E-state index contributed by atoms with van der Waals surface area (Å²) >= 11 is 0. The molecule has 0 aliphatic carbocycles. The van der Waals surface area contributed by atoms with Gasteiger partial charge in [-0.3, -0.25) is 9.88 Å². The Balaban J connectivity index is 0.000000861. The van der Waals surface area contributed by atoms with E-state index in [1.54, 1.807) is 12.4 Å². The third kappa shape index (κ3) is 5.53. The molecule has 2 rings (SSSR count). The molecule has 0 spiro atoms. The average molecular weight is 266 g/mol. The number of anilines is 1. The van der Waals surface area contributed by atoms with Crippen molar-refractivity contribution in [2.24, 2.45) is 0 Å². The molecular weight excluding hydrogens is 240 g/mol. The third-order valence-corrected chi connectivity index (χ3v) is 3.00. The van der Waals surface area contributed by atoms with Crippen molar-refractivity contribution in [3.05, 3.63) is 18.6 Å². The summed E-state index contributed by atoms with van der Waals surface area (Å²) in [5, 5.41) is 0. The zero-order chi connectivity index (χ0) is 13.9. The van der Waals surface area contributed by atoms with Crippen LogP contribution >= 0.6 is 0 Å².